The second-order valence-corrected chi connectivity index (χ2v) is 7.36. The maximum absolute atomic E-state index is 12.8. The van der Waals surface area contributed by atoms with E-state index in [1.54, 1.807) is 0 Å². The molecule has 3 rings (SSSR count). The van der Waals surface area contributed by atoms with E-state index >= 15 is 0 Å². The van der Waals surface area contributed by atoms with E-state index in [2.05, 4.69) is 38.1 Å². The Labute approximate surface area is 151 Å². The van der Waals surface area contributed by atoms with Crippen LogP contribution in [0, 0.1) is 0 Å². The van der Waals surface area contributed by atoms with Gasteiger partial charge in [0.25, 0.3) is 0 Å². The molecule has 3 heterocycles. The first kappa shape index (κ1) is 18.4. The minimum atomic E-state index is 0.0119. The van der Waals surface area contributed by atoms with Gasteiger partial charge in [-0.3, -0.25) is 14.6 Å². The average Bonchev–Trinajstić information content (AvgIpc) is 2.91. The number of likely N-dealkylation sites (tertiary alicyclic amines) is 1. The molecule has 0 aliphatic carbocycles. The van der Waals surface area contributed by atoms with Crippen molar-refractivity contribution in [3.05, 3.63) is 18.2 Å². The van der Waals surface area contributed by atoms with Gasteiger partial charge in [0.2, 0.25) is 5.91 Å². The van der Waals surface area contributed by atoms with E-state index in [-0.39, 0.29) is 6.04 Å². The number of hydrogen-bond donors (Lipinski definition) is 0. The van der Waals surface area contributed by atoms with Gasteiger partial charge in [0.15, 0.2) is 0 Å². The Kier molecular flexibility index (Phi) is 6.48. The van der Waals surface area contributed by atoms with Gasteiger partial charge >= 0.3 is 0 Å². The molecule has 2 aliphatic rings. The first-order valence-electron chi connectivity index (χ1n) is 9.94. The van der Waals surface area contributed by atoms with Crippen LogP contribution in [0.2, 0.25) is 0 Å². The number of amides is 1. The number of aromatic nitrogens is 2. The van der Waals surface area contributed by atoms with E-state index in [0.29, 0.717) is 5.91 Å². The van der Waals surface area contributed by atoms with Crippen molar-refractivity contribution in [1.82, 2.24) is 24.3 Å². The molecule has 140 valence electrons. The Morgan fingerprint density at radius 1 is 1.08 bits per heavy atom. The van der Waals surface area contributed by atoms with Gasteiger partial charge in [-0.05, 0) is 26.7 Å². The minimum absolute atomic E-state index is 0.0119. The summed E-state index contributed by atoms with van der Waals surface area (Å²) in [6.07, 6.45) is 8.80. The lowest BCUT2D eigenvalue weighted by molar-refractivity contribution is -0.137. The summed E-state index contributed by atoms with van der Waals surface area (Å²) < 4.78 is 2.21. The third-order valence-electron chi connectivity index (χ3n) is 5.74. The molecule has 1 atom stereocenters. The predicted octanol–water partition coefficient (Wildman–Crippen LogP) is 1.81. The van der Waals surface area contributed by atoms with Gasteiger partial charge in [0.05, 0.1) is 12.6 Å². The van der Waals surface area contributed by atoms with Crippen LogP contribution in [0.25, 0.3) is 0 Å². The second kappa shape index (κ2) is 8.81. The standard InChI is InChI=1S/C19H33N5O/c1-3-22-11-8-20-18(22)16-21-12-14-23(15-13-21)17(2)19(25)24-9-6-4-5-7-10-24/h8,11,17H,3-7,9-10,12-16H2,1-2H3/t17-/m1/s1. The number of imidazole rings is 1. The molecule has 1 aromatic heterocycles. The minimum Gasteiger partial charge on any atom is -0.341 e. The maximum atomic E-state index is 12.8. The van der Waals surface area contributed by atoms with E-state index in [1.807, 2.05) is 12.4 Å². The highest BCUT2D eigenvalue weighted by atomic mass is 16.2. The highest BCUT2D eigenvalue weighted by Gasteiger charge is 2.29. The smallest absolute Gasteiger partial charge is 0.239 e. The molecular weight excluding hydrogens is 314 g/mol. The van der Waals surface area contributed by atoms with Crippen LogP contribution in [0.4, 0.5) is 0 Å². The van der Waals surface area contributed by atoms with Crippen molar-refractivity contribution in [3.8, 4) is 0 Å². The highest BCUT2D eigenvalue weighted by molar-refractivity contribution is 5.81. The summed E-state index contributed by atoms with van der Waals surface area (Å²) in [5, 5.41) is 0. The van der Waals surface area contributed by atoms with Gasteiger partial charge in [0.1, 0.15) is 5.82 Å². The zero-order valence-corrected chi connectivity index (χ0v) is 15.9. The molecular formula is C19H33N5O. The lowest BCUT2D eigenvalue weighted by atomic mass is 10.2. The zero-order valence-electron chi connectivity index (χ0n) is 15.9. The topological polar surface area (TPSA) is 44.6 Å². The molecule has 2 fully saturated rings. The van der Waals surface area contributed by atoms with Gasteiger partial charge in [0, 0.05) is 58.2 Å². The van der Waals surface area contributed by atoms with Crippen LogP contribution >= 0.6 is 0 Å². The van der Waals surface area contributed by atoms with E-state index in [0.717, 1.165) is 71.0 Å². The molecule has 25 heavy (non-hydrogen) atoms. The number of nitrogens with zero attached hydrogens (tertiary/aromatic N) is 5. The molecule has 0 saturated carbocycles. The third kappa shape index (κ3) is 4.61. The first-order valence-corrected chi connectivity index (χ1v) is 9.94. The lowest BCUT2D eigenvalue weighted by Crippen LogP contribution is -2.54. The largest absolute Gasteiger partial charge is 0.341 e. The summed E-state index contributed by atoms with van der Waals surface area (Å²) in [5.74, 6) is 1.47. The van der Waals surface area contributed by atoms with E-state index in [4.69, 9.17) is 0 Å². The maximum Gasteiger partial charge on any atom is 0.239 e. The second-order valence-electron chi connectivity index (χ2n) is 7.36. The fraction of sp³-hybridized carbons (Fsp3) is 0.789. The van der Waals surface area contributed by atoms with E-state index in [9.17, 15) is 4.79 Å². The van der Waals surface area contributed by atoms with Crippen molar-refractivity contribution in [1.29, 1.82) is 0 Å². The fourth-order valence-electron chi connectivity index (χ4n) is 4.00. The van der Waals surface area contributed by atoms with Crippen LogP contribution in [0.5, 0.6) is 0 Å². The zero-order chi connectivity index (χ0) is 17.6. The van der Waals surface area contributed by atoms with Gasteiger partial charge in [-0.2, -0.15) is 0 Å². The highest BCUT2D eigenvalue weighted by Crippen LogP contribution is 2.15. The van der Waals surface area contributed by atoms with Crippen molar-refractivity contribution in [3.63, 3.8) is 0 Å². The molecule has 0 spiro atoms. The van der Waals surface area contributed by atoms with Crippen LogP contribution in [-0.4, -0.2) is 75.5 Å². The molecule has 0 N–H and O–H groups in total. The normalized spacial score (nSPS) is 21.9. The summed E-state index contributed by atoms with van der Waals surface area (Å²) in [7, 11) is 0. The van der Waals surface area contributed by atoms with Crippen LogP contribution in [0.3, 0.4) is 0 Å². The van der Waals surface area contributed by atoms with Gasteiger partial charge in [-0.15, -0.1) is 0 Å². The summed E-state index contributed by atoms with van der Waals surface area (Å²) in [6, 6.07) is 0.0119. The Bertz CT molecular complexity index is 542. The SMILES string of the molecule is CCn1ccnc1CN1CCN([C@H](C)C(=O)N2CCCCCC2)CC1. The van der Waals surface area contributed by atoms with Crippen molar-refractivity contribution >= 4 is 5.91 Å². The van der Waals surface area contributed by atoms with Gasteiger partial charge in [-0.1, -0.05) is 12.8 Å². The molecule has 1 aromatic rings. The summed E-state index contributed by atoms with van der Waals surface area (Å²) in [4.78, 5) is 24.2. The number of carbonyl (C=O) groups excluding carboxylic acids is 1. The van der Waals surface area contributed by atoms with Crippen molar-refractivity contribution in [2.24, 2.45) is 0 Å². The first-order chi connectivity index (χ1) is 12.2. The molecule has 1 amide bonds. The number of piperazine rings is 1. The third-order valence-corrected chi connectivity index (χ3v) is 5.74. The summed E-state index contributed by atoms with van der Waals surface area (Å²) in [5.41, 5.74) is 0. The number of hydrogen-bond acceptors (Lipinski definition) is 4. The summed E-state index contributed by atoms with van der Waals surface area (Å²) in [6.45, 7) is 12.0. The Morgan fingerprint density at radius 2 is 1.76 bits per heavy atom. The molecule has 6 heteroatoms. The molecule has 0 radical (unpaired) electrons. The Morgan fingerprint density at radius 3 is 2.40 bits per heavy atom. The Hall–Kier alpha value is -1.40. The van der Waals surface area contributed by atoms with Crippen molar-refractivity contribution in [2.45, 2.75) is 58.7 Å². The van der Waals surface area contributed by atoms with Crippen LogP contribution in [0.15, 0.2) is 12.4 Å². The molecule has 2 saturated heterocycles. The lowest BCUT2D eigenvalue weighted by Gasteiger charge is -2.38. The quantitative estimate of drug-likeness (QED) is 0.815. The number of aryl methyl sites for hydroxylation is 1. The van der Waals surface area contributed by atoms with Gasteiger partial charge < -0.3 is 9.47 Å². The molecule has 0 bridgehead atoms. The number of rotatable bonds is 5. The Balaban J connectivity index is 1.48. The fourth-order valence-corrected chi connectivity index (χ4v) is 4.00. The number of carbonyl (C=O) groups is 1. The molecule has 0 unspecified atom stereocenters. The molecule has 2 aliphatic heterocycles. The van der Waals surface area contributed by atoms with Crippen LogP contribution in [-0.2, 0) is 17.9 Å². The monoisotopic (exact) mass is 347 g/mol. The average molecular weight is 348 g/mol. The predicted molar refractivity (Wildman–Crippen MR) is 99.3 cm³/mol. The van der Waals surface area contributed by atoms with E-state index < -0.39 is 0 Å². The summed E-state index contributed by atoms with van der Waals surface area (Å²) >= 11 is 0. The van der Waals surface area contributed by atoms with Crippen LogP contribution in [0.1, 0.15) is 45.4 Å². The molecule has 0 aromatic carbocycles. The van der Waals surface area contributed by atoms with Crippen molar-refractivity contribution < 1.29 is 4.79 Å². The molecule has 6 nitrogen and oxygen atoms in total. The van der Waals surface area contributed by atoms with Crippen LogP contribution < -0.4 is 0 Å². The van der Waals surface area contributed by atoms with Gasteiger partial charge in [-0.25, -0.2) is 4.98 Å². The van der Waals surface area contributed by atoms with E-state index in [1.165, 1.54) is 12.8 Å². The van der Waals surface area contributed by atoms with Crippen molar-refractivity contribution in [2.75, 3.05) is 39.3 Å².